The Morgan fingerprint density at radius 2 is 0.808 bits per heavy atom. The third kappa shape index (κ3) is 4.19. The Hall–Kier alpha value is -6.36. The minimum absolute atomic E-state index is 0.502. The molecule has 1 aliphatic carbocycles. The van der Waals surface area contributed by atoms with E-state index in [2.05, 4.69) is 140 Å². The van der Waals surface area contributed by atoms with Crippen LogP contribution in [0.2, 0.25) is 0 Å². The first-order chi connectivity index (χ1) is 25.8. The van der Waals surface area contributed by atoms with Gasteiger partial charge in [-0.25, -0.2) is 15.0 Å². The van der Waals surface area contributed by atoms with E-state index in [0.29, 0.717) is 17.5 Å². The molecule has 9 aromatic rings. The minimum atomic E-state index is -0.502. The predicted octanol–water partition coefficient (Wildman–Crippen LogP) is 12.0. The Morgan fingerprint density at radius 3 is 1.40 bits per heavy atom. The van der Waals surface area contributed by atoms with E-state index in [9.17, 15) is 0 Å². The first-order valence-corrected chi connectivity index (χ1v) is 18.4. The molecular weight excluding hydrogens is 651 g/mol. The van der Waals surface area contributed by atoms with Crippen molar-refractivity contribution in [2.75, 3.05) is 0 Å². The fourth-order valence-corrected chi connectivity index (χ4v) is 9.94. The van der Waals surface area contributed by atoms with E-state index in [1.807, 2.05) is 48.2 Å². The van der Waals surface area contributed by atoms with Gasteiger partial charge < -0.3 is 0 Å². The van der Waals surface area contributed by atoms with Crippen LogP contribution < -0.4 is 0 Å². The molecule has 8 aromatic carbocycles. The van der Waals surface area contributed by atoms with Gasteiger partial charge in [0.05, 0.1) is 5.41 Å². The van der Waals surface area contributed by atoms with Gasteiger partial charge in [0.15, 0.2) is 17.5 Å². The lowest BCUT2D eigenvalue weighted by Crippen LogP contribution is -2.32. The van der Waals surface area contributed by atoms with E-state index in [1.165, 1.54) is 64.7 Å². The monoisotopic (exact) mass is 679 g/mol. The molecule has 0 fully saturated rings. The van der Waals surface area contributed by atoms with Gasteiger partial charge in [0.1, 0.15) is 0 Å². The normalized spacial score (nSPS) is 13.5. The van der Waals surface area contributed by atoms with Gasteiger partial charge in [0.2, 0.25) is 0 Å². The van der Waals surface area contributed by atoms with E-state index >= 15 is 0 Å². The van der Waals surface area contributed by atoms with Gasteiger partial charge in [0, 0.05) is 26.5 Å². The lowest BCUT2D eigenvalue weighted by Gasteiger charge is -2.40. The molecule has 1 aliphatic heterocycles. The molecule has 0 saturated carbocycles. The van der Waals surface area contributed by atoms with E-state index in [4.69, 9.17) is 15.0 Å². The molecule has 0 atom stereocenters. The maximum absolute atomic E-state index is 5.10. The van der Waals surface area contributed by atoms with Gasteiger partial charge in [0.25, 0.3) is 0 Å². The summed E-state index contributed by atoms with van der Waals surface area (Å²) in [5.74, 6) is 1.98. The zero-order valence-corrected chi connectivity index (χ0v) is 28.8. The Morgan fingerprint density at radius 1 is 0.346 bits per heavy atom. The average Bonchev–Trinajstić information content (AvgIpc) is 3.51. The summed E-state index contributed by atoms with van der Waals surface area (Å²) in [6, 6.07) is 63.2. The fraction of sp³-hybridized carbons (Fsp3) is 0.0208. The summed E-state index contributed by atoms with van der Waals surface area (Å²) in [6.07, 6.45) is 0. The number of hydrogen-bond donors (Lipinski definition) is 0. The summed E-state index contributed by atoms with van der Waals surface area (Å²) in [6.45, 7) is 0. The first-order valence-electron chi connectivity index (χ1n) is 17.6. The van der Waals surface area contributed by atoms with Crippen molar-refractivity contribution in [3.05, 3.63) is 198 Å². The second kappa shape index (κ2) is 11.3. The molecule has 0 saturated heterocycles. The zero-order chi connectivity index (χ0) is 34.2. The molecule has 2 aliphatic rings. The van der Waals surface area contributed by atoms with Crippen molar-refractivity contribution in [1.82, 2.24) is 15.0 Å². The summed E-state index contributed by atoms with van der Waals surface area (Å²) in [5, 5.41) is 5.09. The van der Waals surface area contributed by atoms with E-state index in [0.717, 1.165) is 16.7 Å². The standard InChI is InChI=1S/C48H29N3S/c1-3-15-32(16-4-1)45-49-46(33-17-5-2-6-18-33)51-47(50-45)34-25-26-40-38(29-34)37-21-11-12-22-39(37)48(40)41-27-23-30-13-7-9-19-35(30)43(41)52-44-36-20-10-8-14-31(36)24-28-42(44)48/h1-29H. The van der Waals surface area contributed by atoms with Crippen molar-refractivity contribution in [1.29, 1.82) is 0 Å². The number of nitrogens with zero attached hydrogens (tertiary/aromatic N) is 3. The fourth-order valence-electron chi connectivity index (χ4n) is 8.48. The van der Waals surface area contributed by atoms with Crippen LogP contribution in [0.1, 0.15) is 22.3 Å². The van der Waals surface area contributed by atoms with Gasteiger partial charge in [-0.2, -0.15) is 0 Å². The molecule has 3 nitrogen and oxygen atoms in total. The van der Waals surface area contributed by atoms with Gasteiger partial charge >= 0.3 is 0 Å². The van der Waals surface area contributed by atoms with Crippen molar-refractivity contribution in [3.63, 3.8) is 0 Å². The quantitative estimate of drug-likeness (QED) is 0.186. The van der Waals surface area contributed by atoms with Crippen molar-refractivity contribution in [2.24, 2.45) is 0 Å². The van der Waals surface area contributed by atoms with Crippen LogP contribution in [0.4, 0.5) is 0 Å². The van der Waals surface area contributed by atoms with Crippen LogP contribution in [0, 0.1) is 0 Å². The number of aromatic nitrogens is 3. The molecule has 0 radical (unpaired) electrons. The molecular formula is C48H29N3S. The molecule has 0 bridgehead atoms. The van der Waals surface area contributed by atoms with Crippen LogP contribution >= 0.6 is 11.8 Å². The lowest BCUT2D eigenvalue weighted by atomic mass is 9.66. The van der Waals surface area contributed by atoms with Gasteiger partial charge in [-0.3, -0.25) is 0 Å². The average molecular weight is 680 g/mol. The number of fused-ring (bicyclic) bond motifs is 13. The number of benzene rings is 8. The van der Waals surface area contributed by atoms with Crippen LogP contribution in [-0.2, 0) is 5.41 Å². The summed E-state index contributed by atoms with van der Waals surface area (Å²) in [7, 11) is 0. The van der Waals surface area contributed by atoms with Crippen LogP contribution in [0.25, 0.3) is 66.8 Å². The first kappa shape index (κ1) is 29.4. The molecule has 0 unspecified atom stereocenters. The topological polar surface area (TPSA) is 38.7 Å². The molecule has 2 heterocycles. The second-order valence-electron chi connectivity index (χ2n) is 13.5. The second-order valence-corrected chi connectivity index (χ2v) is 14.5. The highest BCUT2D eigenvalue weighted by atomic mass is 32.2. The molecule has 4 heteroatoms. The molecule has 0 N–H and O–H groups in total. The van der Waals surface area contributed by atoms with Crippen molar-refractivity contribution in [2.45, 2.75) is 15.2 Å². The lowest BCUT2D eigenvalue weighted by molar-refractivity contribution is 0.729. The van der Waals surface area contributed by atoms with E-state index in [-0.39, 0.29) is 0 Å². The minimum Gasteiger partial charge on any atom is -0.208 e. The Labute approximate surface area is 305 Å². The zero-order valence-electron chi connectivity index (χ0n) is 28.0. The summed E-state index contributed by atoms with van der Waals surface area (Å²) in [4.78, 5) is 17.8. The smallest absolute Gasteiger partial charge is 0.164 e. The molecule has 242 valence electrons. The molecule has 1 aromatic heterocycles. The van der Waals surface area contributed by atoms with Crippen molar-refractivity contribution in [3.8, 4) is 45.3 Å². The summed E-state index contributed by atoms with van der Waals surface area (Å²) < 4.78 is 0. The maximum atomic E-state index is 5.10. The largest absolute Gasteiger partial charge is 0.208 e. The molecule has 1 spiro atoms. The highest BCUT2D eigenvalue weighted by Crippen LogP contribution is 2.64. The van der Waals surface area contributed by atoms with Crippen LogP contribution in [0.5, 0.6) is 0 Å². The molecule has 0 amide bonds. The van der Waals surface area contributed by atoms with E-state index in [1.54, 1.807) is 0 Å². The third-order valence-electron chi connectivity index (χ3n) is 10.8. The van der Waals surface area contributed by atoms with Crippen LogP contribution in [0.3, 0.4) is 0 Å². The predicted molar refractivity (Wildman–Crippen MR) is 213 cm³/mol. The molecule has 11 rings (SSSR count). The van der Waals surface area contributed by atoms with Gasteiger partial charge in [-0.15, -0.1) is 0 Å². The van der Waals surface area contributed by atoms with Crippen LogP contribution in [0.15, 0.2) is 186 Å². The summed E-state index contributed by atoms with van der Waals surface area (Å²) >= 11 is 1.92. The van der Waals surface area contributed by atoms with Gasteiger partial charge in [-0.05, 0) is 61.0 Å². The Kier molecular flexibility index (Phi) is 6.40. The van der Waals surface area contributed by atoms with Gasteiger partial charge in [-0.1, -0.05) is 182 Å². The Bertz CT molecular complexity index is 2740. The van der Waals surface area contributed by atoms with Crippen molar-refractivity contribution >= 4 is 33.3 Å². The maximum Gasteiger partial charge on any atom is 0.164 e. The highest BCUT2D eigenvalue weighted by molar-refractivity contribution is 8.00. The molecule has 52 heavy (non-hydrogen) atoms. The number of rotatable bonds is 3. The summed E-state index contributed by atoms with van der Waals surface area (Å²) in [5.41, 5.74) is 10.1. The SMILES string of the molecule is c1ccc(-c2nc(-c3ccccc3)nc(-c3ccc4c(c3)-c3ccccc3C43c4ccc5ccccc5c4Sc4c3ccc3ccccc43)n2)cc1. The Balaban J connectivity index is 1.20. The van der Waals surface area contributed by atoms with E-state index < -0.39 is 5.41 Å². The van der Waals surface area contributed by atoms with Crippen molar-refractivity contribution < 1.29 is 0 Å². The van der Waals surface area contributed by atoms with Crippen LogP contribution in [-0.4, -0.2) is 15.0 Å². The highest BCUT2D eigenvalue weighted by Gasteiger charge is 2.51. The third-order valence-corrected chi connectivity index (χ3v) is 12.1. The number of hydrogen-bond acceptors (Lipinski definition) is 4.